The lowest BCUT2D eigenvalue weighted by atomic mass is 9.94. The van der Waals surface area contributed by atoms with Crippen molar-refractivity contribution < 1.29 is 13.2 Å². The highest BCUT2D eigenvalue weighted by Crippen LogP contribution is 2.40. The second kappa shape index (κ2) is 10.3. The number of aromatic nitrogens is 6. The summed E-state index contributed by atoms with van der Waals surface area (Å²) in [5, 5.41) is 4.90. The van der Waals surface area contributed by atoms with E-state index in [9.17, 15) is 0 Å². The van der Waals surface area contributed by atoms with Gasteiger partial charge in [-0.15, -0.1) is 0 Å². The van der Waals surface area contributed by atoms with Crippen molar-refractivity contribution >= 4 is 82.4 Å². The summed E-state index contributed by atoms with van der Waals surface area (Å²) in [7, 11) is 0. The first-order valence-corrected chi connectivity index (χ1v) is 17.2. The number of nitrogens with zero attached hydrogens (tertiary/aromatic N) is 6. The van der Waals surface area contributed by atoms with Gasteiger partial charge in [0.15, 0.2) is 11.3 Å². The van der Waals surface area contributed by atoms with Gasteiger partial charge in [-0.05, 0) is 35.9 Å². The van der Waals surface area contributed by atoms with Crippen molar-refractivity contribution in [1.29, 1.82) is 0 Å². The highest BCUT2D eigenvalue weighted by molar-refractivity contribution is 6.22. The third-order valence-corrected chi connectivity index (χ3v) is 10.5. The molecule has 7 aromatic heterocycles. The average Bonchev–Trinajstić information content (AvgIpc) is 4.00. The Labute approximate surface area is 297 Å². The highest BCUT2D eigenvalue weighted by atomic mass is 19.1. The van der Waals surface area contributed by atoms with E-state index in [2.05, 4.69) is 33.1 Å². The summed E-state index contributed by atoms with van der Waals surface area (Å²) in [4.78, 5) is 20.2. The Morgan fingerprint density at radius 2 is 1.36 bits per heavy atom. The summed E-state index contributed by atoms with van der Waals surface area (Å²) in [5.41, 5.74) is 10.2. The van der Waals surface area contributed by atoms with Crippen LogP contribution < -0.4 is 5.48 Å². The van der Waals surface area contributed by atoms with Crippen LogP contribution in [0.3, 0.4) is 0 Å². The maximum atomic E-state index is 16.4. The topological polar surface area (TPSA) is 86.7 Å². The van der Waals surface area contributed by atoms with Crippen molar-refractivity contribution in [3.8, 4) is 11.3 Å². The van der Waals surface area contributed by atoms with Crippen molar-refractivity contribution in [3.05, 3.63) is 163 Å². The van der Waals surface area contributed by atoms with Gasteiger partial charge >= 0.3 is 0 Å². The number of rotatable bonds is 3. The zero-order valence-electron chi connectivity index (χ0n) is 27.7. The molecule has 0 fully saturated rings. The molecule has 0 radical (unpaired) electrons. The number of fused-ring (bicyclic) bond motifs is 9. The normalized spacial score (nSPS) is 12.9. The summed E-state index contributed by atoms with van der Waals surface area (Å²) in [6.45, 7) is 0. The second-order valence-electron chi connectivity index (χ2n) is 13.2. The largest absolute Gasteiger partial charge is 0.464 e. The molecule has 0 aliphatic heterocycles. The van der Waals surface area contributed by atoms with E-state index in [1.165, 1.54) is 6.07 Å². The zero-order valence-corrected chi connectivity index (χ0v) is 27.7. The predicted molar refractivity (Wildman–Crippen MR) is 204 cm³/mol. The van der Waals surface area contributed by atoms with Crippen LogP contribution in [0.2, 0.25) is 0 Å². The molecule has 12 aromatic rings. The van der Waals surface area contributed by atoms with Crippen molar-refractivity contribution in [2.75, 3.05) is 0 Å². The lowest BCUT2D eigenvalue weighted by Gasteiger charge is -2.13. The third kappa shape index (κ3) is 3.72. The molecule has 5 aromatic carbocycles. The molecule has 0 saturated heterocycles. The van der Waals surface area contributed by atoms with Gasteiger partial charge in [0.1, 0.15) is 33.5 Å². The molecule has 12 rings (SSSR count). The van der Waals surface area contributed by atoms with Crippen LogP contribution in [-0.2, 0) is 0 Å². The minimum absolute atomic E-state index is 0.380. The SMILES string of the molecule is Fc1ccc2c3cccc4c5nc(-c6ccccc6)cnc5n(/c(=C(/c5cccc6occc56)c5cccc6ccoc56)n5c6nccnc6c1c25)c34. The van der Waals surface area contributed by atoms with Gasteiger partial charge in [-0.1, -0.05) is 78.9 Å². The fraction of sp³-hybridized carbons (Fsp3) is 0. The highest BCUT2D eigenvalue weighted by Gasteiger charge is 2.27. The smallest absolute Gasteiger partial charge is 0.165 e. The Hall–Kier alpha value is -7.39. The summed E-state index contributed by atoms with van der Waals surface area (Å²) in [5.74, 6) is -0.380. The molecule has 0 saturated carbocycles. The minimum Gasteiger partial charge on any atom is -0.464 e. The Morgan fingerprint density at radius 3 is 2.30 bits per heavy atom. The predicted octanol–water partition coefficient (Wildman–Crippen LogP) is 9.65. The number of para-hydroxylation sites is 2. The van der Waals surface area contributed by atoms with Crippen molar-refractivity contribution in [1.82, 2.24) is 28.7 Å². The first-order valence-electron chi connectivity index (χ1n) is 17.2. The molecule has 8 nitrogen and oxygen atoms in total. The van der Waals surface area contributed by atoms with Gasteiger partial charge in [-0.2, -0.15) is 0 Å². The Kier molecular flexibility index (Phi) is 5.52. The van der Waals surface area contributed by atoms with E-state index >= 15 is 4.39 Å². The first kappa shape index (κ1) is 28.3. The van der Waals surface area contributed by atoms with Gasteiger partial charge in [0.05, 0.1) is 40.8 Å². The van der Waals surface area contributed by atoms with Crippen LogP contribution in [0.1, 0.15) is 11.1 Å². The van der Waals surface area contributed by atoms with Gasteiger partial charge in [0, 0.05) is 56.0 Å². The molecule has 0 aliphatic rings. The maximum Gasteiger partial charge on any atom is 0.165 e. The lowest BCUT2D eigenvalue weighted by Crippen LogP contribution is -2.25. The molecule has 248 valence electrons. The van der Waals surface area contributed by atoms with Crippen LogP contribution in [0.4, 0.5) is 4.39 Å². The van der Waals surface area contributed by atoms with Gasteiger partial charge < -0.3 is 8.83 Å². The quantitative estimate of drug-likeness (QED) is 0.184. The number of benzene rings is 5. The average molecular weight is 687 g/mol. The minimum atomic E-state index is -0.380. The van der Waals surface area contributed by atoms with Crippen molar-refractivity contribution in [3.63, 3.8) is 0 Å². The van der Waals surface area contributed by atoms with Crippen molar-refractivity contribution in [2.24, 2.45) is 0 Å². The number of hydrogen-bond acceptors (Lipinski definition) is 6. The standard InChI is InChI=1S/C44H23FN6O2/c45-32-16-15-29-28-11-5-13-31-37-42(48-23-33(49-37)24-7-2-1-3-8-24)50(39(28)31)44(51-40(29)36(32)38-43(51)47-20-19-46-38)35(27-10-6-14-34-26(27)18-22-52-34)30-12-4-9-25-17-21-53-41(25)30/h1-23H/b44-35+. The maximum absolute atomic E-state index is 16.4. The molecule has 0 spiro atoms. The summed E-state index contributed by atoms with van der Waals surface area (Å²) in [6.07, 6.45) is 8.49. The first-order chi connectivity index (χ1) is 26.2. The van der Waals surface area contributed by atoms with Gasteiger partial charge in [-0.25, -0.2) is 19.3 Å². The van der Waals surface area contributed by atoms with E-state index in [0.717, 1.165) is 71.5 Å². The van der Waals surface area contributed by atoms with Gasteiger partial charge in [0.2, 0.25) is 0 Å². The lowest BCUT2D eigenvalue weighted by molar-refractivity contribution is 0.614. The number of furan rings is 2. The summed E-state index contributed by atoms with van der Waals surface area (Å²) < 4.78 is 32.9. The molecular formula is C44H23FN6O2. The molecule has 0 N–H and O–H groups in total. The molecular weight excluding hydrogens is 664 g/mol. The van der Waals surface area contributed by atoms with Crippen LogP contribution in [-0.4, -0.2) is 28.7 Å². The molecule has 0 unspecified atom stereocenters. The molecule has 0 amide bonds. The molecule has 0 aliphatic carbocycles. The molecule has 53 heavy (non-hydrogen) atoms. The van der Waals surface area contributed by atoms with Crippen LogP contribution in [0.5, 0.6) is 0 Å². The van der Waals surface area contributed by atoms with E-state index in [4.69, 9.17) is 28.8 Å². The number of halogens is 1. The number of hydrogen-bond donors (Lipinski definition) is 0. The van der Waals surface area contributed by atoms with E-state index in [1.807, 2.05) is 85.1 Å². The van der Waals surface area contributed by atoms with Crippen molar-refractivity contribution in [2.45, 2.75) is 0 Å². The van der Waals surface area contributed by atoms with Gasteiger partial charge in [0.25, 0.3) is 0 Å². The van der Waals surface area contributed by atoms with E-state index < -0.39 is 0 Å². The monoisotopic (exact) mass is 686 g/mol. The van der Waals surface area contributed by atoms with Crippen LogP contribution in [0.15, 0.2) is 149 Å². The van der Waals surface area contributed by atoms with Gasteiger partial charge in [-0.3, -0.25) is 13.8 Å². The Morgan fingerprint density at radius 1 is 0.585 bits per heavy atom. The molecule has 9 heteroatoms. The van der Waals surface area contributed by atoms with Crippen LogP contribution in [0, 0.1) is 5.82 Å². The van der Waals surface area contributed by atoms with E-state index in [1.54, 1.807) is 24.9 Å². The molecule has 0 atom stereocenters. The van der Waals surface area contributed by atoms with Crippen LogP contribution >= 0.6 is 0 Å². The van der Waals surface area contributed by atoms with E-state index in [0.29, 0.717) is 38.8 Å². The molecule has 7 heterocycles. The fourth-order valence-electron chi connectivity index (χ4n) is 8.32. The summed E-state index contributed by atoms with van der Waals surface area (Å²) >= 11 is 0. The van der Waals surface area contributed by atoms with E-state index in [-0.39, 0.29) is 5.82 Å². The Bertz CT molecular complexity index is 3460. The third-order valence-electron chi connectivity index (χ3n) is 10.5. The summed E-state index contributed by atoms with van der Waals surface area (Å²) in [6, 6.07) is 35.7. The zero-order chi connectivity index (χ0) is 34.8. The fourth-order valence-corrected chi connectivity index (χ4v) is 8.32. The van der Waals surface area contributed by atoms with Crippen LogP contribution in [0.25, 0.3) is 93.7 Å². The Balaban J connectivity index is 1.48. The second-order valence-corrected chi connectivity index (χ2v) is 13.2. The molecule has 0 bridgehead atoms.